The van der Waals surface area contributed by atoms with Gasteiger partial charge in [-0.3, -0.25) is 0 Å². The van der Waals surface area contributed by atoms with Crippen molar-refractivity contribution >= 4 is 8.03 Å². The minimum Gasteiger partial charge on any atom is -0.161 e. The summed E-state index contributed by atoms with van der Waals surface area (Å²) in [6.45, 7) is 4.46. The first-order valence-electron chi connectivity index (χ1n) is 4.16. The summed E-state index contributed by atoms with van der Waals surface area (Å²) < 4.78 is 10.7. The van der Waals surface area contributed by atoms with Crippen LogP contribution in [-0.4, -0.2) is 10.6 Å². The Hall–Kier alpha value is 0.0600. The van der Waals surface area contributed by atoms with E-state index in [9.17, 15) is 4.57 Å². The quantitative estimate of drug-likeness (QED) is 0.622. The summed E-state index contributed by atoms with van der Waals surface area (Å²) in [6.07, 6.45) is 4.05. The lowest BCUT2D eigenvalue weighted by Crippen LogP contribution is -2.22. The van der Waals surface area contributed by atoms with Gasteiger partial charge in [-0.25, -0.2) is 0 Å². The molecule has 1 rings (SSSR count). The van der Waals surface area contributed by atoms with Gasteiger partial charge < -0.3 is 0 Å². The molecule has 1 fully saturated rings. The number of hydrogen-bond acceptors (Lipinski definition) is 1. The Balaban J connectivity index is 2.42. The van der Waals surface area contributed by atoms with Crippen molar-refractivity contribution in [2.75, 3.05) is 0 Å². The van der Waals surface area contributed by atoms with Gasteiger partial charge in [-0.15, -0.1) is 0 Å². The molecule has 0 amide bonds. The average molecular weight is 175 g/mol. The van der Waals surface area contributed by atoms with Crippen LogP contribution in [-0.2, 0) is 4.57 Å². The minimum absolute atomic E-state index is 0.0815. The first-order chi connectivity index (χ1) is 5.01. The highest BCUT2D eigenvalue weighted by molar-refractivity contribution is 7.38. The molecular formula is C8H16O2P+. The zero-order valence-corrected chi connectivity index (χ0v) is 8.10. The molecule has 0 radical (unpaired) electrons. The molecule has 0 bridgehead atoms. The fourth-order valence-electron chi connectivity index (χ4n) is 1.60. The summed E-state index contributed by atoms with van der Waals surface area (Å²) in [4.78, 5) is 8.86. The van der Waals surface area contributed by atoms with Gasteiger partial charge in [-0.05, 0) is 35.7 Å². The molecule has 11 heavy (non-hydrogen) atoms. The molecule has 0 heterocycles. The second-order valence-corrected chi connectivity index (χ2v) is 5.53. The van der Waals surface area contributed by atoms with Crippen LogP contribution in [0.3, 0.4) is 0 Å². The van der Waals surface area contributed by atoms with Crippen molar-refractivity contribution in [3.63, 3.8) is 0 Å². The third-order valence-corrected chi connectivity index (χ3v) is 3.76. The summed E-state index contributed by atoms with van der Waals surface area (Å²) in [6, 6.07) is 0. The van der Waals surface area contributed by atoms with Gasteiger partial charge >= 0.3 is 8.03 Å². The molecule has 0 aliphatic heterocycles. The van der Waals surface area contributed by atoms with Crippen molar-refractivity contribution in [3.05, 3.63) is 0 Å². The van der Waals surface area contributed by atoms with Crippen LogP contribution in [0.15, 0.2) is 0 Å². The number of rotatable bonds is 1. The maximum absolute atomic E-state index is 10.7. The standard InChI is InChI=1S/C8H15O2P/c1-8(2)5-3-7(4-6-8)11(9)10/h7H,3-6H2,1-2H3/p+1. The summed E-state index contributed by atoms with van der Waals surface area (Å²) in [7, 11) is -1.91. The molecule has 1 atom stereocenters. The lowest BCUT2D eigenvalue weighted by molar-refractivity contribution is 0.243. The van der Waals surface area contributed by atoms with Crippen molar-refractivity contribution in [2.45, 2.75) is 45.2 Å². The van der Waals surface area contributed by atoms with Gasteiger partial charge in [0, 0.05) is 0 Å². The van der Waals surface area contributed by atoms with Crippen molar-refractivity contribution in [1.82, 2.24) is 0 Å². The molecule has 0 saturated heterocycles. The molecule has 0 aromatic rings. The Labute approximate surface area is 68.9 Å². The van der Waals surface area contributed by atoms with Gasteiger partial charge in [0.2, 0.25) is 0 Å². The molecule has 1 saturated carbocycles. The minimum atomic E-state index is -1.91. The van der Waals surface area contributed by atoms with E-state index in [2.05, 4.69) is 13.8 Å². The van der Waals surface area contributed by atoms with Gasteiger partial charge in [-0.2, -0.15) is 4.89 Å². The summed E-state index contributed by atoms with van der Waals surface area (Å²) >= 11 is 0. The zero-order valence-electron chi connectivity index (χ0n) is 7.21. The monoisotopic (exact) mass is 175 g/mol. The Morgan fingerprint density at radius 2 is 1.82 bits per heavy atom. The maximum Gasteiger partial charge on any atom is 0.508 e. The van der Waals surface area contributed by atoms with Gasteiger partial charge in [0.25, 0.3) is 0 Å². The predicted molar refractivity (Wildman–Crippen MR) is 45.9 cm³/mol. The number of hydrogen-bond donors (Lipinski definition) is 1. The van der Waals surface area contributed by atoms with Crippen LogP contribution in [0.2, 0.25) is 0 Å². The van der Waals surface area contributed by atoms with Gasteiger partial charge in [-0.1, -0.05) is 13.8 Å². The second kappa shape index (κ2) is 3.20. The van der Waals surface area contributed by atoms with Gasteiger partial charge in [0.15, 0.2) is 5.66 Å². The molecule has 1 aliphatic carbocycles. The molecule has 1 aliphatic rings. The highest BCUT2D eigenvalue weighted by atomic mass is 31.1. The van der Waals surface area contributed by atoms with Crippen LogP contribution in [0.4, 0.5) is 0 Å². The molecule has 1 unspecified atom stereocenters. The summed E-state index contributed by atoms with van der Waals surface area (Å²) in [5.41, 5.74) is 0.486. The van der Waals surface area contributed by atoms with Gasteiger partial charge in [0.05, 0.1) is 0 Å². The van der Waals surface area contributed by atoms with Crippen LogP contribution in [0.1, 0.15) is 39.5 Å². The van der Waals surface area contributed by atoms with Crippen molar-refractivity contribution in [1.29, 1.82) is 0 Å². The third-order valence-electron chi connectivity index (χ3n) is 2.62. The normalized spacial score (nSPS) is 26.6. The highest BCUT2D eigenvalue weighted by Gasteiger charge is 2.36. The van der Waals surface area contributed by atoms with Crippen LogP contribution in [0, 0.1) is 5.41 Å². The largest absolute Gasteiger partial charge is 0.508 e. The molecule has 0 spiro atoms. The maximum atomic E-state index is 10.7. The van der Waals surface area contributed by atoms with E-state index in [1.54, 1.807) is 0 Å². The Kier molecular flexibility index (Phi) is 2.66. The molecule has 0 aromatic heterocycles. The highest BCUT2D eigenvalue weighted by Crippen LogP contribution is 2.42. The van der Waals surface area contributed by atoms with Crippen LogP contribution < -0.4 is 0 Å². The fraction of sp³-hybridized carbons (Fsp3) is 1.00. The first kappa shape index (κ1) is 9.15. The third kappa shape index (κ3) is 2.53. The zero-order chi connectivity index (χ0) is 8.48. The second-order valence-electron chi connectivity index (χ2n) is 4.20. The fourth-order valence-corrected chi connectivity index (χ4v) is 2.30. The van der Waals surface area contributed by atoms with Crippen molar-refractivity contribution < 1.29 is 9.46 Å². The average Bonchev–Trinajstić information content (AvgIpc) is 1.86. The van der Waals surface area contributed by atoms with E-state index in [4.69, 9.17) is 4.89 Å². The lowest BCUT2D eigenvalue weighted by atomic mass is 9.77. The van der Waals surface area contributed by atoms with E-state index < -0.39 is 8.03 Å². The van der Waals surface area contributed by atoms with E-state index in [-0.39, 0.29) is 5.66 Å². The molecule has 1 N–H and O–H groups in total. The predicted octanol–water partition coefficient (Wildman–Crippen LogP) is 2.69. The first-order valence-corrected chi connectivity index (χ1v) is 5.45. The summed E-state index contributed by atoms with van der Waals surface area (Å²) in [5.74, 6) is 0. The SMILES string of the molecule is CC1(C)CCC([P+](=O)O)CC1. The lowest BCUT2D eigenvalue weighted by Gasteiger charge is -2.29. The van der Waals surface area contributed by atoms with E-state index in [1.807, 2.05) is 0 Å². The Bertz CT molecular complexity index is 155. The molecule has 2 nitrogen and oxygen atoms in total. The van der Waals surface area contributed by atoms with E-state index in [1.165, 1.54) is 0 Å². The van der Waals surface area contributed by atoms with E-state index in [0.717, 1.165) is 25.7 Å². The topological polar surface area (TPSA) is 37.3 Å². The summed E-state index contributed by atoms with van der Waals surface area (Å²) in [5, 5.41) is 0. The molecule has 0 aromatic carbocycles. The van der Waals surface area contributed by atoms with Crippen LogP contribution in [0.25, 0.3) is 0 Å². The Morgan fingerprint density at radius 3 is 2.18 bits per heavy atom. The van der Waals surface area contributed by atoms with Crippen LogP contribution in [0.5, 0.6) is 0 Å². The van der Waals surface area contributed by atoms with Crippen molar-refractivity contribution in [3.8, 4) is 0 Å². The molecule has 64 valence electrons. The smallest absolute Gasteiger partial charge is 0.161 e. The Morgan fingerprint density at radius 1 is 1.36 bits per heavy atom. The van der Waals surface area contributed by atoms with E-state index in [0.29, 0.717) is 5.41 Å². The van der Waals surface area contributed by atoms with Gasteiger partial charge in [0.1, 0.15) is 0 Å². The van der Waals surface area contributed by atoms with Crippen LogP contribution >= 0.6 is 8.03 Å². The molecule has 3 heteroatoms. The van der Waals surface area contributed by atoms with Crippen molar-refractivity contribution in [2.24, 2.45) is 5.41 Å². The molecular weight excluding hydrogens is 159 g/mol. The van der Waals surface area contributed by atoms with E-state index >= 15 is 0 Å².